The molecule has 118 valence electrons. The second-order valence-electron chi connectivity index (χ2n) is 5.28. The van der Waals surface area contributed by atoms with Crippen molar-refractivity contribution in [3.8, 4) is 11.3 Å². The maximum absolute atomic E-state index is 12.9. The highest BCUT2D eigenvalue weighted by molar-refractivity contribution is 5.57. The van der Waals surface area contributed by atoms with Gasteiger partial charge in [0.05, 0.1) is 31.1 Å². The quantitative estimate of drug-likeness (QED) is 0.884. The minimum absolute atomic E-state index is 0.00452. The van der Waals surface area contributed by atoms with Crippen LogP contribution in [0.1, 0.15) is 13.8 Å². The van der Waals surface area contributed by atoms with Gasteiger partial charge in [0.1, 0.15) is 5.82 Å². The smallest absolute Gasteiger partial charge is 0.266 e. The van der Waals surface area contributed by atoms with E-state index in [-0.39, 0.29) is 30.6 Å². The number of hydrogen-bond donors (Lipinski definition) is 1. The Kier molecular flexibility index (Phi) is 5.41. The van der Waals surface area contributed by atoms with Crippen LogP contribution in [0.25, 0.3) is 11.3 Å². The topological polar surface area (TPSA) is 64.3 Å². The fourth-order valence-electron chi connectivity index (χ4n) is 1.91. The molecule has 2 rings (SSSR count). The Hall–Kier alpha value is -2.05. The molecule has 1 heterocycles. The molecule has 1 aromatic heterocycles. The van der Waals surface area contributed by atoms with Crippen LogP contribution in [-0.4, -0.2) is 33.7 Å². The summed E-state index contributed by atoms with van der Waals surface area (Å²) in [6, 6.07) is 8.79. The van der Waals surface area contributed by atoms with Crippen molar-refractivity contribution in [3.63, 3.8) is 0 Å². The fraction of sp³-hybridized carbons (Fsp3) is 0.375. The van der Waals surface area contributed by atoms with Crippen molar-refractivity contribution in [2.75, 3.05) is 6.61 Å². The molecular formula is C16H19FN2O3. The average Bonchev–Trinajstić information content (AvgIpc) is 2.48. The molecule has 1 aromatic carbocycles. The van der Waals surface area contributed by atoms with Gasteiger partial charge in [-0.25, -0.2) is 9.07 Å². The molecule has 0 saturated heterocycles. The molecule has 0 saturated carbocycles. The molecule has 0 bridgehead atoms. The number of aliphatic hydroxyl groups is 1. The van der Waals surface area contributed by atoms with E-state index in [1.54, 1.807) is 18.2 Å². The fourth-order valence-corrected chi connectivity index (χ4v) is 1.91. The zero-order chi connectivity index (χ0) is 16.1. The van der Waals surface area contributed by atoms with Crippen LogP contribution < -0.4 is 5.56 Å². The van der Waals surface area contributed by atoms with Crippen molar-refractivity contribution in [1.82, 2.24) is 9.78 Å². The van der Waals surface area contributed by atoms with Crippen LogP contribution in [0.4, 0.5) is 4.39 Å². The second-order valence-corrected chi connectivity index (χ2v) is 5.28. The van der Waals surface area contributed by atoms with E-state index >= 15 is 0 Å². The van der Waals surface area contributed by atoms with Gasteiger partial charge in [-0.2, -0.15) is 5.10 Å². The third-order valence-corrected chi connectivity index (χ3v) is 3.01. The SMILES string of the molecule is CC(C)OCC(O)Cn1nc(-c2ccc(F)cc2)ccc1=O. The standard InChI is InChI=1S/C16H19FN2O3/c1-11(2)22-10-14(20)9-19-16(21)8-7-15(18-19)12-3-5-13(17)6-4-12/h3-8,11,14,20H,9-10H2,1-2H3. The maximum atomic E-state index is 12.9. The lowest BCUT2D eigenvalue weighted by Gasteiger charge is -2.14. The van der Waals surface area contributed by atoms with E-state index in [2.05, 4.69) is 5.10 Å². The number of benzene rings is 1. The predicted molar refractivity (Wildman–Crippen MR) is 81.0 cm³/mol. The van der Waals surface area contributed by atoms with E-state index in [1.807, 2.05) is 13.8 Å². The van der Waals surface area contributed by atoms with E-state index in [1.165, 1.54) is 22.9 Å². The minimum Gasteiger partial charge on any atom is -0.389 e. The first kappa shape index (κ1) is 16.3. The highest BCUT2D eigenvalue weighted by atomic mass is 19.1. The van der Waals surface area contributed by atoms with Crippen molar-refractivity contribution in [3.05, 3.63) is 52.6 Å². The van der Waals surface area contributed by atoms with Crippen molar-refractivity contribution in [2.45, 2.75) is 32.6 Å². The van der Waals surface area contributed by atoms with Crippen LogP contribution in [0.3, 0.4) is 0 Å². The normalized spacial score (nSPS) is 12.6. The van der Waals surface area contributed by atoms with Gasteiger partial charge in [-0.15, -0.1) is 0 Å². The average molecular weight is 306 g/mol. The lowest BCUT2D eigenvalue weighted by atomic mass is 10.1. The molecule has 1 unspecified atom stereocenters. The Balaban J connectivity index is 2.16. The lowest BCUT2D eigenvalue weighted by Crippen LogP contribution is -2.31. The molecule has 0 aliphatic carbocycles. The highest BCUT2D eigenvalue weighted by Gasteiger charge is 2.10. The summed E-state index contributed by atoms with van der Waals surface area (Å²) in [5.41, 5.74) is 0.925. The van der Waals surface area contributed by atoms with Gasteiger partial charge in [-0.3, -0.25) is 4.79 Å². The third-order valence-electron chi connectivity index (χ3n) is 3.01. The number of aromatic nitrogens is 2. The first-order chi connectivity index (χ1) is 10.5. The summed E-state index contributed by atoms with van der Waals surface area (Å²) >= 11 is 0. The molecule has 5 nitrogen and oxygen atoms in total. The minimum atomic E-state index is -0.823. The summed E-state index contributed by atoms with van der Waals surface area (Å²) in [6.45, 7) is 3.91. The first-order valence-electron chi connectivity index (χ1n) is 7.09. The van der Waals surface area contributed by atoms with Gasteiger partial charge in [-0.1, -0.05) is 0 Å². The summed E-state index contributed by atoms with van der Waals surface area (Å²) in [6.07, 6.45) is -0.819. The molecule has 0 aliphatic rings. The summed E-state index contributed by atoms with van der Waals surface area (Å²) in [4.78, 5) is 11.8. The molecule has 1 N–H and O–H groups in total. The summed E-state index contributed by atoms with van der Waals surface area (Å²) in [7, 11) is 0. The molecular weight excluding hydrogens is 287 g/mol. The van der Waals surface area contributed by atoms with Crippen molar-refractivity contribution < 1.29 is 14.2 Å². The highest BCUT2D eigenvalue weighted by Crippen LogP contribution is 2.15. The maximum Gasteiger partial charge on any atom is 0.266 e. The molecule has 0 fully saturated rings. The van der Waals surface area contributed by atoms with Gasteiger partial charge in [0.15, 0.2) is 0 Å². The molecule has 2 aromatic rings. The Morgan fingerprint density at radius 3 is 2.55 bits per heavy atom. The first-order valence-corrected chi connectivity index (χ1v) is 7.09. The van der Waals surface area contributed by atoms with Crippen LogP contribution in [0.2, 0.25) is 0 Å². The number of halogens is 1. The third kappa shape index (κ3) is 4.47. The zero-order valence-corrected chi connectivity index (χ0v) is 12.6. The van der Waals surface area contributed by atoms with Crippen LogP contribution in [0, 0.1) is 5.82 Å². The molecule has 0 spiro atoms. The van der Waals surface area contributed by atoms with Crippen LogP contribution in [0.15, 0.2) is 41.2 Å². The van der Waals surface area contributed by atoms with Gasteiger partial charge in [-0.05, 0) is 44.2 Å². The van der Waals surface area contributed by atoms with E-state index in [9.17, 15) is 14.3 Å². The molecule has 22 heavy (non-hydrogen) atoms. The van der Waals surface area contributed by atoms with E-state index in [4.69, 9.17) is 4.74 Å². The van der Waals surface area contributed by atoms with Gasteiger partial charge in [0.25, 0.3) is 5.56 Å². The van der Waals surface area contributed by atoms with Gasteiger partial charge >= 0.3 is 0 Å². The van der Waals surface area contributed by atoms with E-state index < -0.39 is 6.10 Å². The second kappa shape index (κ2) is 7.29. The van der Waals surface area contributed by atoms with E-state index in [0.29, 0.717) is 11.3 Å². The lowest BCUT2D eigenvalue weighted by molar-refractivity contribution is -0.00253. The van der Waals surface area contributed by atoms with Gasteiger partial charge in [0.2, 0.25) is 0 Å². The Labute approximate surface area is 128 Å². The summed E-state index contributed by atoms with van der Waals surface area (Å²) in [5.74, 6) is -0.335. The monoisotopic (exact) mass is 306 g/mol. The Morgan fingerprint density at radius 1 is 1.23 bits per heavy atom. The van der Waals surface area contributed by atoms with Crippen molar-refractivity contribution >= 4 is 0 Å². The molecule has 6 heteroatoms. The molecule has 0 radical (unpaired) electrons. The van der Waals surface area contributed by atoms with Crippen LogP contribution in [0.5, 0.6) is 0 Å². The number of rotatable bonds is 6. The van der Waals surface area contributed by atoms with Crippen LogP contribution >= 0.6 is 0 Å². The van der Waals surface area contributed by atoms with E-state index in [0.717, 1.165) is 0 Å². The number of hydrogen-bond acceptors (Lipinski definition) is 4. The molecule has 1 atom stereocenters. The van der Waals surface area contributed by atoms with Crippen LogP contribution in [-0.2, 0) is 11.3 Å². The van der Waals surface area contributed by atoms with Crippen molar-refractivity contribution in [1.29, 1.82) is 0 Å². The number of nitrogens with zero attached hydrogens (tertiary/aromatic N) is 2. The van der Waals surface area contributed by atoms with Crippen molar-refractivity contribution in [2.24, 2.45) is 0 Å². The van der Waals surface area contributed by atoms with Gasteiger partial charge in [0, 0.05) is 11.6 Å². The summed E-state index contributed by atoms with van der Waals surface area (Å²) < 4.78 is 19.4. The predicted octanol–water partition coefficient (Wildman–Crippen LogP) is 1.84. The number of aliphatic hydroxyl groups excluding tert-OH is 1. The van der Waals surface area contributed by atoms with Gasteiger partial charge < -0.3 is 9.84 Å². The zero-order valence-electron chi connectivity index (χ0n) is 12.6. The largest absolute Gasteiger partial charge is 0.389 e. The molecule has 0 aliphatic heterocycles. The summed E-state index contributed by atoms with van der Waals surface area (Å²) in [5, 5.41) is 14.1. The number of ether oxygens (including phenoxy) is 1. The Morgan fingerprint density at radius 2 is 1.91 bits per heavy atom. The Bertz CT molecular complexity index is 668. The molecule has 0 amide bonds.